The normalized spacial score (nSPS) is 10.1. The number of hydrogen-bond donors (Lipinski definition) is 4. The molecule has 20 heavy (non-hydrogen) atoms. The lowest BCUT2D eigenvalue weighted by Gasteiger charge is -2.09. The number of phenolic OH excluding ortho intramolecular Hbond substituents is 2. The zero-order chi connectivity index (χ0) is 14.7. The molecule has 0 aliphatic carbocycles. The molecule has 6 heteroatoms. The zero-order valence-corrected chi connectivity index (χ0v) is 10.8. The molecule has 0 atom stereocenters. The van der Waals surface area contributed by atoms with Crippen LogP contribution in [0.3, 0.4) is 0 Å². The molecule has 2 aromatic rings. The Balaban J connectivity index is 2.21. The number of nitrogens with two attached hydrogens (primary N) is 1. The standard InChI is InChI=1S/C14H14N2O4/c1-20-13-5-2-8(6-11(13)15)16-14(19)10-4-3-9(17)7-12(10)18/h2-7,17-18H,15H2,1H3,(H,16,19). The van der Waals surface area contributed by atoms with Gasteiger partial charge in [-0.3, -0.25) is 4.79 Å². The molecule has 0 unspecified atom stereocenters. The van der Waals surface area contributed by atoms with Crippen LogP contribution in [0.15, 0.2) is 36.4 Å². The molecule has 0 radical (unpaired) electrons. The van der Waals surface area contributed by atoms with Crippen molar-refractivity contribution in [2.75, 3.05) is 18.2 Å². The highest BCUT2D eigenvalue weighted by molar-refractivity contribution is 6.06. The van der Waals surface area contributed by atoms with E-state index in [2.05, 4.69) is 5.32 Å². The Morgan fingerprint density at radius 2 is 1.95 bits per heavy atom. The van der Waals surface area contributed by atoms with E-state index in [4.69, 9.17) is 10.5 Å². The fourth-order valence-electron chi connectivity index (χ4n) is 1.72. The molecule has 0 aliphatic rings. The van der Waals surface area contributed by atoms with E-state index in [-0.39, 0.29) is 17.1 Å². The number of hydrogen-bond acceptors (Lipinski definition) is 5. The number of nitrogen functional groups attached to an aromatic ring is 1. The highest BCUT2D eigenvalue weighted by atomic mass is 16.5. The first-order valence-electron chi connectivity index (χ1n) is 5.78. The van der Waals surface area contributed by atoms with Gasteiger partial charge in [0.2, 0.25) is 0 Å². The fraction of sp³-hybridized carbons (Fsp3) is 0.0714. The van der Waals surface area contributed by atoms with Crippen LogP contribution in [0.2, 0.25) is 0 Å². The number of amides is 1. The van der Waals surface area contributed by atoms with Gasteiger partial charge < -0.3 is 26.0 Å². The first-order chi connectivity index (χ1) is 9.51. The number of benzene rings is 2. The topological polar surface area (TPSA) is 105 Å². The summed E-state index contributed by atoms with van der Waals surface area (Å²) in [6.45, 7) is 0. The highest BCUT2D eigenvalue weighted by Crippen LogP contribution is 2.26. The number of ether oxygens (including phenoxy) is 1. The average Bonchev–Trinajstić information content (AvgIpc) is 2.38. The maximum atomic E-state index is 12.0. The number of methoxy groups -OCH3 is 1. The van der Waals surface area contributed by atoms with E-state index < -0.39 is 5.91 Å². The Kier molecular flexibility index (Phi) is 3.65. The predicted octanol–water partition coefficient (Wildman–Crippen LogP) is 1.94. The molecule has 1 amide bonds. The van der Waals surface area contributed by atoms with Crippen molar-refractivity contribution in [1.29, 1.82) is 0 Å². The molecule has 0 heterocycles. The summed E-state index contributed by atoms with van der Waals surface area (Å²) in [4.78, 5) is 12.0. The van der Waals surface area contributed by atoms with Crippen molar-refractivity contribution in [1.82, 2.24) is 0 Å². The highest BCUT2D eigenvalue weighted by Gasteiger charge is 2.12. The minimum Gasteiger partial charge on any atom is -0.508 e. The van der Waals surface area contributed by atoms with Crippen LogP contribution >= 0.6 is 0 Å². The van der Waals surface area contributed by atoms with Gasteiger partial charge in [-0.15, -0.1) is 0 Å². The first-order valence-corrected chi connectivity index (χ1v) is 5.78. The summed E-state index contributed by atoms with van der Waals surface area (Å²) < 4.78 is 5.02. The molecule has 0 fully saturated rings. The van der Waals surface area contributed by atoms with Crippen molar-refractivity contribution in [2.24, 2.45) is 0 Å². The number of anilines is 2. The van der Waals surface area contributed by atoms with E-state index >= 15 is 0 Å². The van der Waals surface area contributed by atoms with Crippen molar-refractivity contribution in [3.05, 3.63) is 42.0 Å². The summed E-state index contributed by atoms with van der Waals surface area (Å²) in [6, 6.07) is 8.54. The summed E-state index contributed by atoms with van der Waals surface area (Å²) in [6.07, 6.45) is 0. The predicted molar refractivity (Wildman–Crippen MR) is 75.1 cm³/mol. The second-order valence-corrected chi connectivity index (χ2v) is 4.11. The van der Waals surface area contributed by atoms with Crippen LogP contribution < -0.4 is 15.8 Å². The summed E-state index contributed by atoms with van der Waals surface area (Å²) in [5.74, 6) is -0.417. The third-order valence-corrected chi connectivity index (χ3v) is 2.71. The number of carbonyl (C=O) groups is 1. The molecular weight excluding hydrogens is 260 g/mol. The number of carbonyl (C=O) groups excluding carboxylic acids is 1. The van der Waals surface area contributed by atoms with Gasteiger partial charge in [0.05, 0.1) is 18.4 Å². The lowest BCUT2D eigenvalue weighted by Crippen LogP contribution is -2.12. The van der Waals surface area contributed by atoms with Crippen LogP contribution in [0.1, 0.15) is 10.4 Å². The minimum atomic E-state index is -0.507. The van der Waals surface area contributed by atoms with Crippen LogP contribution in [0.4, 0.5) is 11.4 Å². The zero-order valence-electron chi connectivity index (χ0n) is 10.8. The van der Waals surface area contributed by atoms with Crippen LogP contribution in [0.5, 0.6) is 17.2 Å². The first kappa shape index (κ1) is 13.5. The Morgan fingerprint density at radius 3 is 2.55 bits per heavy atom. The van der Waals surface area contributed by atoms with Crippen molar-refractivity contribution in [3.8, 4) is 17.2 Å². The van der Waals surface area contributed by atoms with Gasteiger partial charge in [0, 0.05) is 11.8 Å². The van der Waals surface area contributed by atoms with Crippen LogP contribution in [-0.2, 0) is 0 Å². The van der Waals surface area contributed by atoms with E-state index in [0.717, 1.165) is 6.07 Å². The van der Waals surface area contributed by atoms with Crippen molar-refractivity contribution >= 4 is 17.3 Å². The van der Waals surface area contributed by atoms with Gasteiger partial charge in [0.15, 0.2) is 0 Å². The van der Waals surface area contributed by atoms with Gasteiger partial charge in [0.25, 0.3) is 5.91 Å². The lowest BCUT2D eigenvalue weighted by atomic mass is 10.1. The Labute approximate surface area is 115 Å². The molecule has 2 rings (SSSR count). The van der Waals surface area contributed by atoms with Crippen molar-refractivity contribution in [2.45, 2.75) is 0 Å². The molecule has 0 saturated heterocycles. The van der Waals surface area contributed by atoms with Crippen LogP contribution in [0.25, 0.3) is 0 Å². The third kappa shape index (κ3) is 2.74. The Hall–Kier alpha value is -2.89. The fourth-order valence-corrected chi connectivity index (χ4v) is 1.72. The number of nitrogens with one attached hydrogen (secondary N) is 1. The SMILES string of the molecule is COc1ccc(NC(=O)c2ccc(O)cc2O)cc1N. The quantitative estimate of drug-likeness (QED) is 0.640. The Bertz CT molecular complexity index is 656. The van der Waals surface area contributed by atoms with Gasteiger partial charge in [-0.1, -0.05) is 0 Å². The number of phenols is 2. The number of aromatic hydroxyl groups is 2. The summed E-state index contributed by atoms with van der Waals surface area (Å²) in [5.41, 5.74) is 6.65. The van der Waals surface area contributed by atoms with Crippen molar-refractivity contribution < 1.29 is 19.7 Å². The van der Waals surface area contributed by atoms with Crippen molar-refractivity contribution in [3.63, 3.8) is 0 Å². The smallest absolute Gasteiger partial charge is 0.259 e. The molecule has 0 aromatic heterocycles. The molecule has 104 valence electrons. The molecule has 0 saturated carbocycles. The average molecular weight is 274 g/mol. The van der Waals surface area contributed by atoms with E-state index in [9.17, 15) is 15.0 Å². The largest absolute Gasteiger partial charge is 0.508 e. The third-order valence-electron chi connectivity index (χ3n) is 2.71. The summed E-state index contributed by atoms with van der Waals surface area (Å²) in [5, 5.41) is 21.4. The summed E-state index contributed by atoms with van der Waals surface area (Å²) in [7, 11) is 1.50. The maximum absolute atomic E-state index is 12.0. The van der Waals surface area contributed by atoms with Crippen LogP contribution in [0, 0.1) is 0 Å². The molecule has 0 spiro atoms. The molecule has 0 aliphatic heterocycles. The van der Waals surface area contributed by atoms with E-state index in [1.807, 2.05) is 0 Å². The maximum Gasteiger partial charge on any atom is 0.259 e. The van der Waals surface area contributed by atoms with Gasteiger partial charge in [-0.2, -0.15) is 0 Å². The lowest BCUT2D eigenvalue weighted by molar-refractivity contribution is 0.102. The van der Waals surface area contributed by atoms with Gasteiger partial charge in [0.1, 0.15) is 17.2 Å². The van der Waals surface area contributed by atoms with Gasteiger partial charge in [-0.25, -0.2) is 0 Å². The van der Waals surface area contributed by atoms with Gasteiger partial charge >= 0.3 is 0 Å². The van der Waals surface area contributed by atoms with Crippen LogP contribution in [-0.4, -0.2) is 23.2 Å². The molecule has 5 N–H and O–H groups in total. The molecule has 2 aromatic carbocycles. The second kappa shape index (κ2) is 5.40. The van der Waals surface area contributed by atoms with E-state index in [1.54, 1.807) is 18.2 Å². The van der Waals surface area contributed by atoms with E-state index in [0.29, 0.717) is 17.1 Å². The molecular formula is C14H14N2O4. The minimum absolute atomic E-state index is 0.0530. The Morgan fingerprint density at radius 1 is 1.20 bits per heavy atom. The van der Waals surface area contributed by atoms with E-state index in [1.165, 1.54) is 19.2 Å². The summed E-state index contributed by atoms with van der Waals surface area (Å²) >= 11 is 0. The second-order valence-electron chi connectivity index (χ2n) is 4.11. The molecule has 0 bridgehead atoms. The van der Waals surface area contributed by atoms with Gasteiger partial charge in [-0.05, 0) is 30.3 Å². The molecule has 6 nitrogen and oxygen atoms in total. The number of rotatable bonds is 3. The monoisotopic (exact) mass is 274 g/mol.